The minimum atomic E-state index is -0.0128. The third-order valence-electron chi connectivity index (χ3n) is 6.16. The van der Waals surface area contributed by atoms with E-state index in [9.17, 15) is 4.79 Å². The van der Waals surface area contributed by atoms with Crippen LogP contribution >= 0.6 is 11.3 Å². The number of para-hydroxylation sites is 1. The quantitative estimate of drug-likeness (QED) is 0.395. The summed E-state index contributed by atoms with van der Waals surface area (Å²) < 4.78 is 4.06. The average molecular weight is 448 g/mol. The number of amides is 1. The minimum absolute atomic E-state index is 0.0128. The van der Waals surface area contributed by atoms with Gasteiger partial charge in [-0.05, 0) is 75.5 Å². The molecule has 166 valence electrons. The number of thiophene rings is 1. The van der Waals surface area contributed by atoms with Crippen molar-refractivity contribution in [3.63, 3.8) is 0 Å². The van der Waals surface area contributed by atoms with Gasteiger partial charge in [-0.3, -0.25) is 4.79 Å². The normalized spacial score (nSPS) is 14.4. The molecule has 4 aromatic rings. The van der Waals surface area contributed by atoms with E-state index in [1.54, 1.807) is 11.3 Å². The fourth-order valence-electron chi connectivity index (χ4n) is 4.60. The summed E-state index contributed by atoms with van der Waals surface area (Å²) in [7, 11) is 0. The zero-order chi connectivity index (χ0) is 21.9. The highest BCUT2D eigenvalue weighted by Crippen LogP contribution is 2.34. The Labute approximate surface area is 192 Å². The number of hydrogen-bond acceptors (Lipinski definition) is 4. The Morgan fingerprint density at radius 2 is 1.94 bits per heavy atom. The number of aryl methyl sites for hydroxylation is 1. The van der Waals surface area contributed by atoms with E-state index in [1.165, 1.54) is 25.9 Å². The third kappa shape index (κ3) is 3.98. The number of fused-ring (bicyclic) bond motifs is 1. The maximum absolute atomic E-state index is 13.2. The van der Waals surface area contributed by atoms with Gasteiger partial charge in [0, 0.05) is 18.5 Å². The van der Waals surface area contributed by atoms with E-state index in [4.69, 9.17) is 5.10 Å². The number of nitrogens with zero attached hydrogens (tertiary/aromatic N) is 4. The molecule has 0 saturated carbocycles. The van der Waals surface area contributed by atoms with Crippen molar-refractivity contribution >= 4 is 28.3 Å². The van der Waals surface area contributed by atoms with Crippen LogP contribution in [-0.2, 0) is 6.54 Å². The molecular formula is C25H29N5OS. The SMILES string of the molecule is CCn1c(C(=O)NCCCN2CCCC2)cc2c(-c3cccs3)nn(-c3ccccc3)c21. The van der Waals surface area contributed by atoms with Crippen LogP contribution < -0.4 is 5.32 Å². The molecule has 0 unspecified atom stereocenters. The van der Waals surface area contributed by atoms with Crippen molar-refractivity contribution in [2.75, 3.05) is 26.2 Å². The highest BCUT2D eigenvalue weighted by Gasteiger charge is 2.23. The molecule has 0 radical (unpaired) electrons. The van der Waals surface area contributed by atoms with Gasteiger partial charge >= 0.3 is 0 Å². The summed E-state index contributed by atoms with van der Waals surface area (Å²) in [5.41, 5.74) is 3.58. The van der Waals surface area contributed by atoms with Crippen molar-refractivity contribution < 1.29 is 4.79 Å². The summed E-state index contributed by atoms with van der Waals surface area (Å²) in [6.07, 6.45) is 3.58. The summed E-state index contributed by atoms with van der Waals surface area (Å²) in [6.45, 7) is 6.92. The van der Waals surface area contributed by atoms with Crippen molar-refractivity contribution in [2.24, 2.45) is 0 Å². The Kier molecular flexibility index (Phi) is 6.10. The molecule has 7 heteroatoms. The van der Waals surface area contributed by atoms with Crippen LogP contribution in [0.2, 0.25) is 0 Å². The lowest BCUT2D eigenvalue weighted by atomic mass is 10.2. The lowest BCUT2D eigenvalue weighted by Crippen LogP contribution is -2.30. The molecule has 0 aliphatic carbocycles. The van der Waals surface area contributed by atoms with Gasteiger partial charge in [0.2, 0.25) is 0 Å². The molecule has 1 aliphatic rings. The molecule has 5 rings (SSSR count). The predicted octanol–water partition coefficient (Wildman–Crippen LogP) is 4.79. The van der Waals surface area contributed by atoms with E-state index in [1.807, 2.05) is 35.0 Å². The van der Waals surface area contributed by atoms with E-state index in [2.05, 4.69) is 45.3 Å². The van der Waals surface area contributed by atoms with Crippen molar-refractivity contribution in [3.05, 3.63) is 59.6 Å². The Hall–Kier alpha value is -2.90. The second-order valence-corrected chi connectivity index (χ2v) is 9.19. The largest absolute Gasteiger partial charge is 0.351 e. The first-order chi connectivity index (χ1) is 15.8. The van der Waals surface area contributed by atoms with Gasteiger partial charge in [-0.1, -0.05) is 24.3 Å². The predicted molar refractivity (Wildman–Crippen MR) is 131 cm³/mol. The fraction of sp³-hybridized carbons (Fsp3) is 0.360. The van der Waals surface area contributed by atoms with E-state index in [0.717, 1.165) is 40.3 Å². The number of hydrogen-bond donors (Lipinski definition) is 1. The minimum Gasteiger partial charge on any atom is -0.351 e. The van der Waals surface area contributed by atoms with Gasteiger partial charge < -0.3 is 14.8 Å². The van der Waals surface area contributed by atoms with Crippen LogP contribution in [0.4, 0.5) is 0 Å². The first kappa shape index (κ1) is 21.0. The molecule has 1 aromatic carbocycles. The second-order valence-electron chi connectivity index (χ2n) is 8.24. The maximum Gasteiger partial charge on any atom is 0.267 e. The molecule has 0 spiro atoms. The van der Waals surface area contributed by atoms with E-state index in [-0.39, 0.29) is 5.91 Å². The summed E-state index contributed by atoms with van der Waals surface area (Å²) in [4.78, 5) is 16.8. The van der Waals surface area contributed by atoms with Gasteiger partial charge in [0.25, 0.3) is 5.91 Å². The molecule has 0 bridgehead atoms. The maximum atomic E-state index is 13.2. The lowest BCUT2D eigenvalue weighted by Gasteiger charge is -2.14. The molecule has 0 atom stereocenters. The van der Waals surface area contributed by atoms with E-state index >= 15 is 0 Å². The topological polar surface area (TPSA) is 55.1 Å². The van der Waals surface area contributed by atoms with Gasteiger partial charge in [0.15, 0.2) is 0 Å². The Morgan fingerprint density at radius 1 is 1.12 bits per heavy atom. The number of carbonyl (C=O) groups excluding carboxylic acids is 1. The molecule has 6 nitrogen and oxygen atoms in total. The van der Waals surface area contributed by atoms with Crippen LogP contribution in [0.5, 0.6) is 0 Å². The first-order valence-electron chi connectivity index (χ1n) is 11.5. The molecule has 3 aromatic heterocycles. The number of benzene rings is 1. The highest BCUT2D eigenvalue weighted by molar-refractivity contribution is 7.13. The van der Waals surface area contributed by atoms with Crippen molar-refractivity contribution in [1.82, 2.24) is 24.6 Å². The van der Waals surface area contributed by atoms with Gasteiger partial charge in [-0.25, -0.2) is 4.68 Å². The Bertz CT molecular complexity index is 1190. The highest BCUT2D eigenvalue weighted by atomic mass is 32.1. The average Bonchev–Trinajstić information content (AvgIpc) is 3.61. The van der Waals surface area contributed by atoms with E-state index < -0.39 is 0 Å². The summed E-state index contributed by atoms with van der Waals surface area (Å²) >= 11 is 1.67. The molecule has 1 saturated heterocycles. The molecular weight excluding hydrogens is 418 g/mol. The van der Waals surface area contributed by atoms with Crippen LogP contribution in [0.1, 0.15) is 36.7 Å². The fourth-order valence-corrected chi connectivity index (χ4v) is 5.32. The lowest BCUT2D eigenvalue weighted by molar-refractivity contribution is 0.0943. The van der Waals surface area contributed by atoms with Crippen LogP contribution in [0.15, 0.2) is 53.9 Å². The van der Waals surface area contributed by atoms with Crippen LogP contribution in [-0.4, -0.2) is 51.3 Å². The van der Waals surface area contributed by atoms with Crippen molar-refractivity contribution in [1.29, 1.82) is 0 Å². The molecule has 1 amide bonds. The van der Waals surface area contributed by atoms with Crippen molar-refractivity contribution in [2.45, 2.75) is 32.7 Å². The molecule has 32 heavy (non-hydrogen) atoms. The Morgan fingerprint density at radius 3 is 2.66 bits per heavy atom. The molecule has 1 fully saturated rings. The van der Waals surface area contributed by atoms with Gasteiger partial charge in [0.1, 0.15) is 17.0 Å². The second kappa shape index (κ2) is 9.30. The molecule has 1 aliphatic heterocycles. The van der Waals surface area contributed by atoms with Gasteiger partial charge in [0.05, 0.1) is 10.6 Å². The number of likely N-dealkylation sites (tertiary alicyclic amines) is 1. The number of nitrogens with one attached hydrogen (secondary N) is 1. The summed E-state index contributed by atoms with van der Waals surface area (Å²) in [5.74, 6) is -0.0128. The van der Waals surface area contributed by atoms with Crippen molar-refractivity contribution in [3.8, 4) is 16.3 Å². The summed E-state index contributed by atoms with van der Waals surface area (Å²) in [6, 6.07) is 16.3. The van der Waals surface area contributed by atoms with Crippen LogP contribution in [0.3, 0.4) is 0 Å². The molecule has 4 heterocycles. The standard InChI is InChI=1S/C25H29N5OS/c1-2-29-21(24(31)26-13-9-16-28-14-6-7-15-28)18-20-23(22-12-8-17-32-22)27-30(25(20)29)19-10-4-3-5-11-19/h3-5,8,10-12,17-18H,2,6-7,9,13-16H2,1H3,(H,26,31). The van der Waals surface area contributed by atoms with Gasteiger partial charge in [-0.2, -0.15) is 5.10 Å². The Balaban J connectivity index is 1.47. The van der Waals surface area contributed by atoms with Crippen LogP contribution in [0, 0.1) is 0 Å². The zero-order valence-corrected chi connectivity index (χ0v) is 19.3. The van der Waals surface area contributed by atoms with E-state index in [0.29, 0.717) is 18.8 Å². The van der Waals surface area contributed by atoms with Crippen LogP contribution in [0.25, 0.3) is 27.3 Å². The zero-order valence-electron chi connectivity index (χ0n) is 18.5. The number of rotatable bonds is 8. The molecule has 1 N–H and O–H groups in total. The third-order valence-corrected chi connectivity index (χ3v) is 7.04. The monoisotopic (exact) mass is 447 g/mol. The smallest absolute Gasteiger partial charge is 0.267 e. The summed E-state index contributed by atoms with van der Waals surface area (Å²) in [5, 5.41) is 11.2. The number of carbonyl (C=O) groups is 1. The van der Waals surface area contributed by atoms with Gasteiger partial charge in [-0.15, -0.1) is 11.3 Å². The number of aromatic nitrogens is 3. The first-order valence-corrected chi connectivity index (χ1v) is 12.4.